The number of rotatable bonds is 6. The van der Waals surface area contributed by atoms with Gasteiger partial charge in [0, 0.05) is 12.1 Å². The van der Waals surface area contributed by atoms with Crippen molar-refractivity contribution in [3.63, 3.8) is 0 Å². The summed E-state index contributed by atoms with van der Waals surface area (Å²) in [6.07, 6.45) is 5.38. The fourth-order valence-electron chi connectivity index (χ4n) is 2.38. The molecule has 0 aliphatic carbocycles. The van der Waals surface area contributed by atoms with Gasteiger partial charge in [0.1, 0.15) is 0 Å². The molecule has 1 N–H and O–H groups in total. The maximum Gasteiger partial charge on any atom is 0.0105 e. The Morgan fingerprint density at radius 2 is 2.13 bits per heavy atom. The minimum atomic E-state index is 0.668. The van der Waals surface area contributed by atoms with E-state index in [0.717, 1.165) is 12.0 Å². The Bertz CT molecular complexity index is 170. The van der Waals surface area contributed by atoms with Gasteiger partial charge in [-0.15, -0.1) is 0 Å². The first kappa shape index (κ1) is 13.0. The highest BCUT2D eigenvalue weighted by atomic mass is 15.1. The second-order valence-corrected chi connectivity index (χ2v) is 5.19. The van der Waals surface area contributed by atoms with Gasteiger partial charge in [0.2, 0.25) is 0 Å². The van der Waals surface area contributed by atoms with Crippen molar-refractivity contribution in [1.29, 1.82) is 0 Å². The molecule has 0 aromatic rings. The van der Waals surface area contributed by atoms with Gasteiger partial charge in [-0.1, -0.05) is 20.3 Å². The molecule has 0 aromatic heterocycles. The summed E-state index contributed by atoms with van der Waals surface area (Å²) < 4.78 is 0. The molecule has 1 rings (SSSR count). The number of nitrogens with zero attached hydrogens (tertiary/aromatic N) is 1. The van der Waals surface area contributed by atoms with E-state index in [0.29, 0.717) is 6.04 Å². The summed E-state index contributed by atoms with van der Waals surface area (Å²) in [5.74, 6) is 0.798. The summed E-state index contributed by atoms with van der Waals surface area (Å²) >= 11 is 0. The summed E-state index contributed by atoms with van der Waals surface area (Å²) in [7, 11) is 2.26. The zero-order chi connectivity index (χ0) is 11.3. The minimum Gasteiger partial charge on any atom is -0.314 e. The fraction of sp³-hybridized carbons (Fsp3) is 1.00. The van der Waals surface area contributed by atoms with Gasteiger partial charge in [-0.3, -0.25) is 0 Å². The van der Waals surface area contributed by atoms with Gasteiger partial charge in [-0.25, -0.2) is 0 Å². The van der Waals surface area contributed by atoms with Gasteiger partial charge < -0.3 is 10.2 Å². The topological polar surface area (TPSA) is 15.3 Å². The van der Waals surface area contributed by atoms with Gasteiger partial charge in [-0.05, 0) is 52.2 Å². The van der Waals surface area contributed by atoms with Crippen molar-refractivity contribution in [1.82, 2.24) is 10.2 Å². The SMILES string of the molecule is CC[C@H](C)[C@H](C)NCC[C@@H]1CCCN1C. The first-order valence-corrected chi connectivity index (χ1v) is 6.58. The van der Waals surface area contributed by atoms with Crippen LogP contribution < -0.4 is 5.32 Å². The van der Waals surface area contributed by atoms with Crippen LogP contribution in [-0.4, -0.2) is 37.1 Å². The average molecular weight is 212 g/mol. The lowest BCUT2D eigenvalue weighted by molar-refractivity contribution is 0.284. The Hall–Kier alpha value is -0.0800. The van der Waals surface area contributed by atoms with E-state index in [1.807, 2.05) is 0 Å². The molecule has 0 amide bonds. The van der Waals surface area contributed by atoms with Crippen LogP contribution in [0.15, 0.2) is 0 Å². The van der Waals surface area contributed by atoms with Crippen LogP contribution >= 0.6 is 0 Å². The second kappa shape index (κ2) is 6.49. The Kier molecular flexibility index (Phi) is 5.62. The van der Waals surface area contributed by atoms with Gasteiger partial charge in [-0.2, -0.15) is 0 Å². The standard InChI is InChI=1S/C13H28N2/c1-5-11(2)12(3)14-9-8-13-7-6-10-15(13)4/h11-14H,5-10H2,1-4H3/t11-,12-,13-/m0/s1. The molecular formula is C13H28N2. The van der Waals surface area contributed by atoms with Gasteiger partial charge in [0.25, 0.3) is 0 Å². The number of likely N-dealkylation sites (tertiary alicyclic amines) is 1. The van der Waals surface area contributed by atoms with Crippen molar-refractivity contribution in [3.8, 4) is 0 Å². The molecule has 0 aromatic carbocycles. The smallest absolute Gasteiger partial charge is 0.0105 e. The van der Waals surface area contributed by atoms with Crippen LogP contribution in [0.3, 0.4) is 0 Å². The fourth-order valence-corrected chi connectivity index (χ4v) is 2.38. The van der Waals surface area contributed by atoms with Crippen molar-refractivity contribution < 1.29 is 0 Å². The number of nitrogens with one attached hydrogen (secondary N) is 1. The van der Waals surface area contributed by atoms with E-state index in [2.05, 4.69) is 38.0 Å². The minimum absolute atomic E-state index is 0.668. The lowest BCUT2D eigenvalue weighted by Gasteiger charge is -2.23. The van der Waals surface area contributed by atoms with E-state index in [-0.39, 0.29) is 0 Å². The Morgan fingerprint density at radius 3 is 2.67 bits per heavy atom. The van der Waals surface area contributed by atoms with Crippen molar-refractivity contribution in [2.45, 2.75) is 58.5 Å². The highest BCUT2D eigenvalue weighted by Crippen LogP contribution is 2.17. The van der Waals surface area contributed by atoms with E-state index in [4.69, 9.17) is 0 Å². The van der Waals surface area contributed by atoms with Gasteiger partial charge >= 0.3 is 0 Å². The molecule has 1 fully saturated rings. The zero-order valence-electron chi connectivity index (χ0n) is 10.9. The second-order valence-electron chi connectivity index (χ2n) is 5.19. The first-order chi connectivity index (χ1) is 7.15. The third-order valence-electron chi connectivity index (χ3n) is 4.11. The van der Waals surface area contributed by atoms with Crippen LogP contribution in [0.1, 0.15) is 46.5 Å². The largest absolute Gasteiger partial charge is 0.314 e. The molecule has 15 heavy (non-hydrogen) atoms. The van der Waals surface area contributed by atoms with E-state index in [1.165, 1.54) is 38.8 Å². The summed E-state index contributed by atoms with van der Waals surface area (Å²) in [4.78, 5) is 2.51. The highest BCUT2D eigenvalue weighted by Gasteiger charge is 2.20. The van der Waals surface area contributed by atoms with Crippen LogP contribution in [0.5, 0.6) is 0 Å². The van der Waals surface area contributed by atoms with Gasteiger partial charge in [0.05, 0.1) is 0 Å². The first-order valence-electron chi connectivity index (χ1n) is 6.58. The Balaban J connectivity index is 2.10. The quantitative estimate of drug-likeness (QED) is 0.728. The van der Waals surface area contributed by atoms with Crippen LogP contribution in [0, 0.1) is 5.92 Å². The van der Waals surface area contributed by atoms with E-state index < -0.39 is 0 Å². The van der Waals surface area contributed by atoms with Crippen LogP contribution in [0.4, 0.5) is 0 Å². The molecule has 1 heterocycles. The third kappa shape index (κ3) is 4.12. The maximum absolute atomic E-state index is 3.65. The van der Waals surface area contributed by atoms with Crippen molar-refractivity contribution in [2.24, 2.45) is 5.92 Å². The molecule has 2 heteroatoms. The monoisotopic (exact) mass is 212 g/mol. The normalized spacial score (nSPS) is 26.8. The van der Waals surface area contributed by atoms with E-state index in [9.17, 15) is 0 Å². The van der Waals surface area contributed by atoms with Crippen molar-refractivity contribution in [3.05, 3.63) is 0 Å². The van der Waals surface area contributed by atoms with Crippen molar-refractivity contribution >= 4 is 0 Å². The van der Waals surface area contributed by atoms with E-state index >= 15 is 0 Å². The summed E-state index contributed by atoms with van der Waals surface area (Å²) in [6, 6.07) is 1.50. The zero-order valence-corrected chi connectivity index (χ0v) is 10.9. The summed E-state index contributed by atoms with van der Waals surface area (Å²) in [5.41, 5.74) is 0. The number of hydrogen-bond acceptors (Lipinski definition) is 2. The maximum atomic E-state index is 3.65. The Morgan fingerprint density at radius 1 is 1.40 bits per heavy atom. The molecule has 0 bridgehead atoms. The van der Waals surface area contributed by atoms with Gasteiger partial charge in [0.15, 0.2) is 0 Å². The van der Waals surface area contributed by atoms with E-state index in [1.54, 1.807) is 0 Å². The Labute approximate surface area is 95.4 Å². The number of hydrogen-bond donors (Lipinski definition) is 1. The molecule has 1 saturated heterocycles. The molecule has 0 spiro atoms. The molecule has 1 aliphatic rings. The predicted molar refractivity (Wildman–Crippen MR) is 67.2 cm³/mol. The molecule has 3 atom stereocenters. The molecule has 90 valence electrons. The molecule has 0 radical (unpaired) electrons. The van der Waals surface area contributed by atoms with Crippen LogP contribution in [0.25, 0.3) is 0 Å². The third-order valence-corrected chi connectivity index (χ3v) is 4.11. The molecule has 1 aliphatic heterocycles. The van der Waals surface area contributed by atoms with Crippen molar-refractivity contribution in [2.75, 3.05) is 20.1 Å². The highest BCUT2D eigenvalue weighted by molar-refractivity contribution is 4.77. The molecule has 2 nitrogen and oxygen atoms in total. The molecule has 0 unspecified atom stereocenters. The summed E-state index contributed by atoms with van der Waals surface area (Å²) in [5, 5.41) is 3.65. The lowest BCUT2D eigenvalue weighted by Crippen LogP contribution is -2.35. The van der Waals surface area contributed by atoms with Crippen LogP contribution in [-0.2, 0) is 0 Å². The summed E-state index contributed by atoms with van der Waals surface area (Å²) in [6.45, 7) is 9.39. The lowest BCUT2D eigenvalue weighted by atomic mass is 10.0. The average Bonchev–Trinajstić information content (AvgIpc) is 2.63. The molecule has 0 saturated carbocycles. The molecular weight excluding hydrogens is 184 g/mol. The predicted octanol–water partition coefficient (Wildman–Crippen LogP) is 2.49. The van der Waals surface area contributed by atoms with Crippen LogP contribution in [0.2, 0.25) is 0 Å².